The van der Waals surface area contributed by atoms with Crippen LogP contribution in [0.3, 0.4) is 0 Å². The predicted octanol–water partition coefficient (Wildman–Crippen LogP) is 0.657. The van der Waals surface area contributed by atoms with E-state index in [2.05, 4.69) is 15.3 Å². The maximum absolute atomic E-state index is 5.73. The van der Waals surface area contributed by atoms with E-state index < -0.39 is 0 Å². The van der Waals surface area contributed by atoms with E-state index in [4.69, 9.17) is 10.5 Å². The van der Waals surface area contributed by atoms with Gasteiger partial charge in [0, 0.05) is 24.0 Å². The summed E-state index contributed by atoms with van der Waals surface area (Å²) in [4.78, 5) is 8.28. The molecule has 5 nitrogen and oxygen atoms in total. The van der Waals surface area contributed by atoms with Crippen molar-refractivity contribution in [2.45, 2.75) is 25.4 Å². The maximum atomic E-state index is 5.73. The third-order valence-electron chi connectivity index (χ3n) is 2.43. The smallest absolute Gasteiger partial charge is 0.189 e. The number of nitrogens with one attached hydrogen (secondary N) is 1. The van der Waals surface area contributed by atoms with E-state index in [1.165, 1.54) is 12.8 Å². The fraction of sp³-hybridized carbons (Fsp3) is 0.455. The number of guanidine groups is 1. The van der Waals surface area contributed by atoms with Crippen molar-refractivity contribution in [2.24, 2.45) is 10.7 Å². The minimum Gasteiger partial charge on any atom is -0.496 e. The number of aliphatic imine (C=N–C) groups is 1. The van der Waals surface area contributed by atoms with Gasteiger partial charge in [0.2, 0.25) is 0 Å². The van der Waals surface area contributed by atoms with Crippen molar-refractivity contribution in [3.63, 3.8) is 0 Å². The van der Waals surface area contributed by atoms with Gasteiger partial charge in [-0.3, -0.25) is 4.98 Å². The number of methoxy groups -OCH3 is 1. The summed E-state index contributed by atoms with van der Waals surface area (Å²) in [6.07, 6.45) is 5.81. The number of nitrogens with two attached hydrogens (primary N) is 1. The zero-order valence-electron chi connectivity index (χ0n) is 9.31. The molecule has 0 unspecified atom stereocenters. The SMILES string of the molecule is COc1ccncc1CN=C(N)NC1CC1. The van der Waals surface area contributed by atoms with Crippen molar-refractivity contribution in [3.8, 4) is 5.75 Å². The summed E-state index contributed by atoms with van der Waals surface area (Å²) in [5.74, 6) is 1.28. The summed E-state index contributed by atoms with van der Waals surface area (Å²) < 4.78 is 5.20. The topological polar surface area (TPSA) is 72.5 Å². The Balaban J connectivity index is 1.96. The van der Waals surface area contributed by atoms with Crippen LogP contribution >= 0.6 is 0 Å². The van der Waals surface area contributed by atoms with Crippen molar-refractivity contribution in [1.82, 2.24) is 10.3 Å². The van der Waals surface area contributed by atoms with Crippen LogP contribution in [0.1, 0.15) is 18.4 Å². The number of hydrogen-bond donors (Lipinski definition) is 2. The Morgan fingerprint density at radius 3 is 3.19 bits per heavy atom. The van der Waals surface area contributed by atoms with Gasteiger partial charge in [-0.05, 0) is 18.9 Å². The molecule has 0 amide bonds. The molecular weight excluding hydrogens is 204 g/mol. The average Bonchev–Trinajstić information content (AvgIpc) is 3.10. The van der Waals surface area contributed by atoms with Crippen LogP contribution in [0.2, 0.25) is 0 Å². The molecule has 0 spiro atoms. The largest absolute Gasteiger partial charge is 0.496 e. The van der Waals surface area contributed by atoms with E-state index in [0.29, 0.717) is 18.5 Å². The van der Waals surface area contributed by atoms with Gasteiger partial charge >= 0.3 is 0 Å². The first-order chi connectivity index (χ1) is 7.79. The van der Waals surface area contributed by atoms with Crippen molar-refractivity contribution < 1.29 is 4.74 Å². The molecule has 1 aliphatic rings. The zero-order valence-corrected chi connectivity index (χ0v) is 9.31. The van der Waals surface area contributed by atoms with Gasteiger partial charge in [0.1, 0.15) is 5.75 Å². The lowest BCUT2D eigenvalue weighted by molar-refractivity contribution is 0.409. The molecule has 0 bridgehead atoms. The van der Waals surface area contributed by atoms with Crippen LogP contribution in [-0.2, 0) is 6.54 Å². The first-order valence-electron chi connectivity index (χ1n) is 5.33. The first-order valence-corrected chi connectivity index (χ1v) is 5.33. The second-order valence-electron chi connectivity index (χ2n) is 3.81. The Morgan fingerprint density at radius 1 is 1.69 bits per heavy atom. The normalized spacial score (nSPS) is 15.9. The van der Waals surface area contributed by atoms with Crippen LogP contribution in [0.25, 0.3) is 0 Å². The molecule has 0 atom stereocenters. The van der Waals surface area contributed by atoms with Crippen LogP contribution in [0, 0.1) is 0 Å². The Hall–Kier alpha value is -1.78. The summed E-state index contributed by atoms with van der Waals surface area (Å²) >= 11 is 0. The third-order valence-corrected chi connectivity index (χ3v) is 2.43. The molecule has 0 aromatic carbocycles. The van der Waals surface area contributed by atoms with Gasteiger partial charge in [0.05, 0.1) is 13.7 Å². The van der Waals surface area contributed by atoms with E-state index in [9.17, 15) is 0 Å². The number of nitrogens with zero attached hydrogens (tertiary/aromatic N) is 2. The minimum atomic E-state index is 0.489. The van der Waals surface area contributed by atoms with Crippen LogP contribution in [-0.4, -0.2) is 24.1 Å². The minimum absolute atomic E-state index is 0.489. The van der Waals surface area contributed by atoms with E-state index in [0.717, 1.165) is 11.3 Å². The van der Waals surface area contributed by atoms with Crippen molar-refractivity contribution in [3.05, 3.63) is 24.0 Å². The maximum Gasteiger partial charge on any atom is 0.189 e. The number of hydrogen-bond acceptors (Lipinski definition) is 3. The lowest BCUT2D eigenvalue weighted by atomic mass is 10.2. The Labute approximate surface area is 94.7 Å². The summed E-state index contributed by atoms with van der Waals surface area (Å²) in [6, 6.07) is 2.34. The van der Waals surface area contributed by atoms with Crippen molar-refractivity contribution >= 4 is 5.96 Å². The average molecular weight is 220 g/mol. The van der Waals surface area contributed by atoms with Crippen molar-refractivity contribution in [1.29, 1.82) is 0 Å². The second kappa shape index (κ2) is 4.83. The van der Waals surface area contributed by atoms with Gasteiger partial charge in [0.25, 0.3) is 0 Å². The molecule has 1 heterocycles. The second-order valence-corrected chi connectivity index (χ2v) is 3.81. The summed E-state index contributed by atoms with van der Waals surface area (Å²) in [5.41, 5.74) is 6.67. The van der Waals surface area contributed by atoms with E-state index in [1.54, 1.807) is 19.5 Å². The predicted molar refractivity (Wildman–Crippen MR) is 62.3 cm³/mol. The first kappa shape index (κ1) is 10.7. The monoisotopic (exact) mass is 220 g/mol. The van der Waals surface area contributed by atoms with Gasteiger partial charge in [-0.2, -0.15) is 0 Å². The summed E-state index contributed by atoms with van der Waals surface area (Å²) in [7, 11) is 1.63. The molecule has 1 aromatic rings. The molecule has 16 heavy (non-hydrogen) atoms. The van der Waals surface area contributed by atoms with Crippen LogP contribution in [0.15, 0.2) is 23.5 Å². The lowest BCUT2D eigenvalue weighted by Crippen LogP contribution is -2.33. The molecule has 0 saturated heterocycles. The molecule has 0 aliphatic heterocycles. The number of rotatable bonds is 4. The highest BCUT2D eigenvalue weighted by Crippen LogP contribution is 2.19. The standard InChI is InChI=1S/C11H16N4O/c1-16-10-4-5-13-6-8(10)7-14-11(12)15-9-2-3-9/h4-6,9H,2-3,7H2,1H3,(H3,12,14,15). The van der Waals surface area contributed by atoms with Gasteiger partial charge in [0.15, 0.2) is 5.96 Å². The lowest BCUT2D eigenvalue weighted by Gasteiger charge is -2.06. The molecule has 1 aromatic heterocycles. The molecule has 2 rings (SSSR count). The number of ether oxygens (including phenoxy) is 1. The summed E-state index contributed by atoms with van der Waals surface area (Å²) in [5, 5.41) is 3.13. The van der Waals surface area contributed by atoms with Crippen LogP contribution < -0.4 is 15.8 Å². The quantitative estimate of drug-likeness (QED) is 0.577. The highest BCUT2D eigenvalue weighted by molar-refractivity contribution is 5.78. The highest BCUT2D eigenvalue weighted by Gasteiger charge is 2.21. The van der Waals surface area contributed by atoms with E-state index >= 15 is 0 Å². The van der Waals surface area contributed by atoms with Crippen LogP contribution in [0.5, 0.6) is 5.75 Å². The molecule has 0 radical (unpaired) electrons. The zero-order chi connectivity index (χ0) is 11.4. The molecule has 1 aliphatic carbocycles. The molecule has 5 heteroatoms. The van der Waals surface area contributed by atoms with Gasteiger partial charge in [-0.15, -0.1) is 0 Å². The van der Waals surface area contributed by atoms with E-state index in [-0.39, 0.29) is 0 Å². The van der Waals surface area contributed by atoms with Crippen LogP contribution in [0.4, 0.5) is 0 Å². The van der Waals surface area contributed by atoms with Gasteiger partial charge in [-0.1, -0.05) is 0 Å². The highest BCUT2D eigenvalue weighted by atomic mass is 16.5. The third kappa shape index (κ3) is 2.85. The number of pyridine rings is 1. The molecule has 1 saturated carbocycles. The van der Waals surface area contributed by atoms with Gasteiger partial charge in [-0.25, -0.2) is 4.99 Å². The fourth-order valence-corrected chi connectivity index (χ4v) is 1.39. The molecule has 3 N–H and O–H groups in total. The fourth-order valence-electron chi connectivity index (χ4n) is 1.39. The molecular formula is C11H16N4O. The Morgan fingerprint density at radius 2 is 2.50 bits per heavy atom. The Bertz CT molecular complexity index is 387. The van der Waals surface area contributed by atoms with Gasteiger partial charge < -0.3 is 15.8 Å². The molecule has 86 valence electrons. The molecule has 1 fully saturated rings. The summed E-state index contributed by atoms with van der Waals surface area (Å²) in [6.45, 7) is 0.489. The van der Waals surface area contributed by atoms with Crippen molar-refractivity contribution in [2.75, 3.05) is 7.11 Å². The Kier molecular flexibility index (Phi) is 3.24. The van der Waals surface area contributed by atoms with E-state index in [1.807, 2.05) is 6.07 Å². The number of aromatic nitrogens is 1.